The highest BCUT2D eigenvalue weighted by Gasteiger charge is 2.34. The molecule has 0 amide bonds. The summed E-state index contributed by atoms with van der Waals surface area (Å²) < 4.78 is 0. The Kier molecular flexibility index (Phi) is 4.87. The normalized spacial score (nSPS) is 40.4. The lowest BCUT2D eigenvalue weighted by atomic mass is 9.78. The average molecular weight is 238 g/mol. The second kappa shape index (κ2) is 6.19. The van der Waals surface area contributed by atoms with E-state index in [0.29, 0.717) is 0 Å². The van der Waals surface area contributed by atoms with Gasteiger partial charge in [0.2, 0.25) is 0 Å². The van der Waals surface area contributed by atoms with Gasteiger partial charge in [0.15, 0.2) is 0 Å². The van der Waals surface area contributed by atoms with E-state index >= 15 is 0 Å². The second-order valence-electron chi connectivity index (χ2n) is 6.43. The standard InChI is InChI=1S/C15H30N2/c1-12-6-7-15(13(2)11-12)17-10-4-3-5-14(17)8-9-16/h12-15H,3-11,16H2,1-2H3. The van der Waals surface area contributed by atoms with Gasteiger partial charge in [-0.3, -0.25) is 4.90 Å². The van der Waals surface area contributed by atoms with Crippen LogP contribution in [0.2, 0.25) is 0 Å². The van der Waals surface area contributed by atoms with Crippen LogP contribution in [-0.2, 0) is 0 Å². The van der Waals surface area contributed by atoms with Crippen molar-refractivity contribution in [3.05, 3.63) is 0 Å². The van der Waals surface area contributed by atoms with E-state index < -0.39 is 0 Å². The Labute approximate surface area is 107 Å². The van der Waals surface area contributed by atoms with Crippen LogP contribution >= 0.6 is 0 Å². The molecule has 2 aliphatic rings. The van der Waals surface area contributed by atoms with Crippen LogP contribution < -0.4 is 5.73 Å². The summed E-state index contributed by atoms with van der Waals surface area (Å²) in [5.74, 6) is 1.83. The maximum absolute atomic E-state index is 5.78. The van der Waals surface area contributed by atoms with E-state index in [9.17, 15) is 0 Å². The fraction of sp³-hybridized carbons (Fsp3) is 1.00. The summed E-state index contributed by atoms with van der Waals surface area (Å²) in [5.41, 5.74) is 5.78. The smallest absolute Gasteiger partial charge is 0.0124 e. The molecule has 0 radical (unpaired) electrons. The third-order valence-corrected chi connectivity index (χ3v) is 4.98. The van der Waals surface area contributed by atoms with Crippen LogP contribution in [0.4, 0.5) is 0 Å². The topological polar surface area (TPSA) is 29.3 Å². The molecule has 1 saturated heterocycles. The molecule has 4 unspecified atom stereocenters. The largest absolute Gasteiger partial charge is 0.330 e. The third-order valence-electron chi connectivity index (χ3n) is 4.98. The van der Waals surface area contributed by atoms with E-state index in [0.717, 1.165) is 30.5 Å². The molecule has 2 heteroatoms. The van der Waals surface area contributed by atoms with E-state index in [-0.39, 0.29) is 0 Å². The summed E-state index contributed by atoms with van der Waals surface area (Å²) in [6.45, 7) is 7.07. The van der Waals surface area contributed by atoms with Gasteiger partial charge in [0, 0.05) is 12.1 Å². The minimum atomic E-state index is 0.787. The Bertz CT molecular complexity index is 227. The molecule has 2 fully saturated rings. The van der Waals surface area contributed by atoms with Gasteiger partial charge >= 0.3 is 0 Å². The van der Waals surface area contributed by atoms with Crippen molar-refractivity contribution in [3.63, 3.8) is 0 Å². The number of likely N-dealkylation sites (tertiary alicyclic amines) is 1. The first-order valence-electron chi connectivity index (χ1n) is 7.68. The van der Waals surface area contributed by atoms with Crippen molar-refractivity contribution in [1.82, 2.24) is 4.90 Å². The number of nitrogens with two attached hydrogens (primary N) is 1. The van der Waals surface area contributed by atoms with Gasteiger partial charge in [-0.2, -0.15) is 0 Å². The Balaban J connectivity index is 1.97. The lowest BCUT2D eigenvalue weighted by Gasteiger charge is -2.46. The van der Waals surface area contributed by atoms with Crippen LogP contribution in [0.3, 0.4) is 0 Å². The van der Waals surface area contributed by atoms with E-state index in [2.05, 4.69) is 18.7 Å². The first kappa shape index (κ1) is 13.4. The van der Waals surface area contributed by atoms with Gasteiger partial charge in [-0.25, -0.2) is 0 Å². The zero-order valence-electron chi connectivity index (χ0n) is 11.7. The molecule has 2 nitrogen and oxygen atoms in total. The number of hydrogen-bond acceptors (Lipinski definition) is 2. The summed E-state index contributed by atoms with van der Waals surface area (Å²) >= 11 is 0. The summed E-state index contributed by atoms with van der Waals surface area (Å²) in [6.07, 6.45) is 9.69. The number of rotatable bonds is 3. The van der Waals surface area contributed by atoms with Gasteiger partial charge in [-0.15, -0.1) is 0 Å². The monoisotopic (exact) mass is 238 g/mol. The number of nitrogens with zero attached hydrogens (tertiary/aromatic N) is 1. The maximum atomic E-state index is 5.78. The lowest BCUT2D eigenvalue weighted by Crippen LogP contribution is -2.51. The lowest BCUT2D eigenvalue weighted by molar-refractivity contribution is 0.0310. The highest BCUT2D eigenvalue weighted by Crippen LogP contribution is 2.35. The van der Waals surface area contributed by atoms with Crippen molar-refractivity contribution in [3.8, 4) is 0 Å². The van der Waals surface area contributed by atoms with Crippen LogP contribution in [0, 0.1) is 11.8 Å². The zero-order valence-corrected chi connectivity index (χ0v) is 11.7. The minimum absolute atomic E-state index is 0.787. The molecule has 2 N–H and O–H groups in total. The second-order valence-corrected chi connectivity index (χ2v) is 6.43. The Morgan fingerprint density at radius 1 is 1.12 bits per heavy atom. The third kappa shape index (κ3) is 3.23. The summed E-state index contributed by atoms with van der Waals surface area (Å²) in [5, 5.41) is 0. The molecule has 100 valence electrons. The fourth-order valence-electron chi connectivity index (χ4n) is 4.10. The van der Waals surface area contributed by atoms with Crippen LogP contribution in [0.1, 0.15) is 58.8 Å². The van der Waals surface area contributed by atoms with Crippen LogP contribution in [0.15, 0.2) is 0 Å². The van der Waals surface area contributed by atoms with E-state index in [4.69, 9.17) is 5.73 Å². The zero-order chi connectivity index (χ0) is 12.3. The molecular formula is C15H30N2. The van der Waals surface area contributed by atoms with Gasteiger partial charge in [-0.05, 0) is 63.5 Å². The van der Waals surface area contributed by atoms with Gasteiger partial charge in [-0.1, -0.05) is 20.3 Å². The highest BCUT2D eigenvalue weighted by molar-refractivity contribution is 4.89. The maximum Gasteiger partial charge on any atom is 0.0124 e. The van der Waals surface area contributed by atoms with Crippen molar-refractivity contribution in [1.29, 1.82) is 0 Å². The summed E-state index contributed by atoms with van der Waals surface area (Å²) in [7, 11) is 0. The van der Waals surface area contributed by atoms with Crippen LogP contribution in [0.25, 0.3) is 0 Å². The van der Waals surface area contributed by atoms with Gasteiger partial charge < -0.3 is 5.73 Å². The van der Waals surface area contributed by atoms with Crippen molar-refractivity contribution in [2.24, 2.45) is 17.6 Å². The Morgan fingerprint density at radius 2 is 1.94 bits per heavy atom. The minimum Gasteiger partial charge on any atom is -0.330 e. The van der Waals surface area contributed by atoms with Crippen molar-refractivity contribution in [2.45, 2.75) is 70.9 Å². The molecule has 17 heavy (non-hydrogen) atoms. The first-order valence-corrected chi connectivity index (χ1v) is 7.68. The molecular weight excluding hydrogens is 208 g/mol. The molecule has 2 rings (SSSR count). The molecule has 0 bridgehead atoms. The van der Waals surface area contributed by atoms with Gasteiger partial charge in [0.05, 0.1) is 0 Å². The summed E-state index contributed by atoms with van der Waals surface area (Å²) in [4.78, 5) is 2.83. The first-order chi connectivity index (χ1) is 8.22. The molecule has 4 atom stereocenters. The quantitative estimate of drug-likeness (QED) is 0.819. The summed E-state index contributed by atoms with van der Waals surface area (Å²) in [6, 6.07) is 1.64. The molecule has 0 aromatic carbocycles. The predicted octanol–water partition coefficient (Wildman–Crippen LogP) is 3.01. The molecule has 1 aliphatic heterocycles. The van der Waals surface area contributed by atoms with Gasteiger partial charge in [0.25, 0.3) is 0 Å². The van der Waals surface area contributed by atoms with Crippen LogP contribution in [0.5, 0.6) is 0 Å². The molecule has 0 aromatic heterocycles. The van der Waals surface area contributed by atoms with Gasteiger partial charge in [0.1, 0.15) is 0 Å². The van der Waals surface area contributed by atoms with Crippen LogP contribution in [-0.4, -0.2) is 30.1 Å². The number of hydrogen-bond donors (Lipinski definition) is 1. The van der Waals surface area contributed by atoms with E-state index in [1.54, 1.807) is 0 Å². The Hall–Kier alpha value is -0.0800. The molecule has 1 heterocycles. The average Bonchev–Trinajstić information content (AvgIpc) is 2.31. The van der Waals surface area contributed by atoms with E-state index in [1.807, 2.05) is 0 Å². The highest BCUT2D eigenvalue weighted by atomic mass is 15.2. The fourth-order valence-corrected chi connectivity index (χ4v) is 4.10. The van der Waals surface area contributed by atoms with Crippen molar-refractivity contribution >= 4 is 0 Å². The molecule has 1 saturated carbocycles. The molecule has 0 aromatic rings. The molecule has 1 aliphatic carbocycles. The van der Waals surface area contributed by atoms with E-state index in [1.165, 1.54) is 51.5 Å². The molecule has 0 spiro atoms. The Morgan fingerprint density at radius 3 is 2.65 bits per heavy atom. The van der Waals surface area contributed by atoms with Crippen molar-refractivity contribution < 1.29 is 0 Å². The SMILES string of the molecule is CC1CCC(N2CCCCC2CCN)C(C)C1. The predicted molar refractivity (Wildman–Crippen MR) is 74.0 cm³/mol. The number of piperidine rings is 1. The van der Waals surface area contributed by atoms with Crippen molar-refractivity contribution in [2.75, 3.05) is 13.1 Å².